The molecule has 1 heterocycles. The summed E-state index contributed by atoms with van der Waals surface area (Å²) >= 11 is 0. The maximum absolute atomic E-state index is 11.6. The Bertz CT molecular complexity index is 315. The lowest BCUT2D eigenvalue weighted by Crippen LogP contribution is -2.36. The zero-order valence-electron chi connectivity index (χ0n) is 9.12. The Hall–Kier alpha value is -1.29. The van der Waals surface area contributed by atoms with Crippen molar-refractivity contribution < 1.29 is 14.3 Å². The molecule has 1 amide bonds. The van der Waals surface area contributed by atoms with Crippen LogP contribution in [0.25, 0.3) is 0 Å². The number of carbonyl (C=O) groups excluding carboxylic acids is 1. The average molecular weight is 211 g/mol. The minimum Gasteiger partial charge on any atom is -0.456 e. The molecule has 0 radical (unpaired) electrons. The van der Waals surface area contributed by atoms with E-state index < -0.39 is 0 Å². The summed E-state index contributed by atoms with van der Waals surface area (Å²) in [6.07, 6.45) is 1.47. The summed E-state index contributed by atoms with van der Waals surface area (Å²) in [6, 6.07) is 3.24. The van der Waals surface area contributed by atoms with Gasteiger partial charge in [-0.3, -0.25) is 4.79 Å². The van der Waals surface area contributed by atoms with Gasteiger partial charge < -0.3 is 14.8 Å². The highest BCUT2D eigenvalue weighted by atomic mass is 16.3. The average Bonchev–Trinajstić information content (AvgIpc) is 2.74. The number of aliphatic hydroxyl groups excluding tert-OH is 1. The number of carbonyl (C=O) groups is 1. The van der Waals surface area contributed by atoms with Crippen molar-refractivity contribution in [2.75, 3.05) is 6.61 Å². The van der Waals surface area contributed by atoms with Crippen LogP contribution in [0.1, 0.15) is 36.6 Å². The van der Waals surface area contributed by atoms with Crippen LogP contribution in [0, 0.1) is 0 Å². The molecular formula is C11H17NO3. The van der Waals surface area contributed by atoms with Gasteiger partial charge in [0.2, 0.25) is 0 Å². The van der Waals surface area contributed by atoms with Gasteiger partial charge in [-0.25, -0.2) is 0 Å². The van der Waals surface area contributed by atoms with Gasteiger partial charge in [0.15, 0.2) is 5.76 Å². The van der Waals surface area contributed by atoms with E-state index in [0.717, 1.165) is 12.2 Å². The molecule has 1 aromatic heterocycles. The number of hydrogen-bond acceptors (Lipinski definition) is 3. The predicted octanol–water partition coefficient (Wildman–Crippen LogP) is 1.34. The standard InChI is InChI=1S/C11H17NO3/c1-3-8(7-13)12-11(14)10-6-5-9(4-2)15-10/h5-6,8,13H,3-4,7H2,1-2H3,(H,12,14)/t8-/m1/s1. The van der Waals surface area contributed by atoms with Gasteiger partial charge in [0, 0.05) is 6.42 Å². The van der Waals surface area contributed by atoms with Crippen LogP contribution in [-0.2, 0) is 6.42 Å². The molecule has 0 spiro atoms. The van der Waals surface area contributed by atoms with Crippen molar-refractivity contribution in [3.8, 4) is 0 Å². The van der Waals surface area contributed by atoms with E-state index in [1.54, 1.807) is 12.1 Å². The molecule has 1 atom stereocenters. The first kappa shape index (κ1) is 11.8. The fourth-order valence-electron chi connectivity index (χ4n) is 1.22. The zero-order chi connectivity index (χ0) is 11.3. The van der Waals surface area contributed by atoms with Gasteiger partial charge in [-0.05, 0) is 18.6 Å². The molecule has 0 bridgehead atoms. The molecule has 0 fully saturated rings. The smallest absolute Gasteiger partial charge is 0.287 e. The molecule has 0 unspecified atom stereocenters. The molecule has 0 aliphatic rings. The predicted molar refractivity (Wildman–Crippen MR) is 56.7 cm³/mol. The first-order valence-corrected chi connectivity index (χ1v) is 5.21. The highest BCUT2D eigenvalue weighted by Crippen LogP contribution is 2.08. The lowest BCUT2D eigenvalue weighted by molar-refractivity contribution is 0.0885. The second-order valence-corrected chi connectivity index (χ2v) is 3.38. The number of nitrogens with one attached hydrogen (secondary N) is 1. The van der Waals surface area contributed by atoms with Crippen LogP contribution in [0.3, 0.4) is 0 Å². The molecule has 0 aliphatic heterocycles. The van der Waals surface area contributed by atoms with Crippen LogP contribution in [0.15, 0.2) is 16.5 Å². The van der Waals surface area contributed by atoms with E-state index in [4.69, 9.17) is 9.52 Å². The first-order valence-electron chi connectivity index (χ1n) is 5.21. The molecule has 15 heavy (non-hydrogen) atoms. The maximum atomic E-state index is 11.6. The molecule has 1 rings (SSSR count). The molecule has 4 heteroatoms. The second kappa shape index (κ2) is 5.56. The number of furan rings is 1. The van der Waals surface area contributed by atoms with Crippen molar-refractivity contribution in [1.29, 1.82) is 0 Å². The van der Waals surface area contributed by atoms with Crippen LogP contribution in [0.5, 0.6) is 0 Å². The normalized spacial score (nSPS) is 12.5. The van der Waals surface area contributed by atoms with Crippen molar-refractivity contribution in [2.24, 2.45) is 0 Å². The van der Waals surface area contributed by atoms with Crippen molar-refractivity contribution in [2.45, 2.75) is 32.7 Å². The third-order valence-corrected chi connectivity index (χ3v) is 2.28. The minimum absolute atomic E-state index is 0.0520. The summed E-state index contributed by atoms with van der Waals surface area (Å²) < 4.78 is 5.29. The second-order valence-electron chi connectivity index (χ2n) is 3.38. The molecular weight excluding hydrogens is 194 g/mol. The Morgan fingerprint density at radius 1 is 1.53 bits per heavy atom. The van der Waals surface area contributed by atoms with Gasteiger partial charge in [0.05, 0.1) is 12.6 Å². The van der Waals surface area contributed by atoms with E-state index >= 15 is 0 Å². The van der Waals surface area contributed by atoms with Gasteiger partial charge in [0.25, 0.3) is 5.91 Å². The first-order chi connectivity index (χ1) is 7.21. The van der Waals surface area contributed by atoms with E-state index in [0.29, 0.717) is 12.2 Å². The summed E-state index contributed by atoms with van der Waals surface area (Å²) in [7, 11) is 0. The summed E-state index contributed by atoms with van der Waals surface area (Å²) in [5.41, 5.74) is 0. The Labute approximate surface area is 89.3 Å². The molecule has 0 aliphatic carbocycles. The van der Waals surface area contributed by atoms with Gasteiger partial charge in [-0.2, -0.15) is 0 Å². The fourth-order valence-corrected chi connectivity index (χ4v) is 1.22. The summed E-state index contributed by atoms with van der Waals surface area (Å²) in [5.74, 6) is 0.826. The van der Waals surface area contributed by atoms with E-state index in [-0.39, 0.29) is 18.6 Å². The minimum atomic E-state index is -0.268. The SMILES string of the molecule is CCc1ccc(C(=O)N[C@H](CC)CO)o1. The lowest BCUT2D eigenvalue weighted by Gasteiger charge is -2.12. The zero-order valence-corrected chi connectivity index (χ0v) is 9.12. The van der Waals surface area contributed by atoms with Crippen LogP contribution >= 0.6 is 0 Å². The quantitative estimate of drug-likeness (QED) is 0.772. The fraction of sp³-hybridized carbons (Fsp3) is 0.545. The molecule has 84 valence electrons. The van der Waals surface area contributed by atoms with Gasteiger partial charge in [-0.1, -0.05) is 13.8 Å². The van der Waals surface area contributed by atoms with Crippen molar-refractivity contribution in [3.63, 3.8) is 0 Å². The Balaban J connectivity index is 2.60. The van der Waals surface area contributed by atoms with Gasteiger partial charge >= 0.3 is 0 Å². The molecule has 0 saturated carbocycles. The van der Waals surface area contributed by atoms with Crippen LogP contribution < -0.4 is 5.32 Å². The molecule has 0 aromatic carbocycles. The molecule has 4 nitrogen and oxygen atoms in total. The molecule has 2 N–H and O–H groups in total. The van der Waals surface area contributed by atoms with Crippen LogP contribution in [0.2, 0.25) is 0 Å². The van der Waals surface area contributed by atoms with Crippen molar-refractivity contribution in [3.05, 3.63) is 23.7 Å². The maximum Gasteiger partial charge on any atom is 0.287 e. The van der Waals surface area contributed by atoms with E-state index in [2.05, 4.69) is 5.32 Å². The lowest BCUT2D eigenvalue weighted by atomic mass is 10.2. The molecule has 0 saturated heterocycles. The van der Waals surface area contributed by atoms with Crippen molar-refractivity contribution in [1.82, 2.24) is 5.32 Å². The number of aliphatic hydroxyl groups is 1. The number of aryl methyl sites for hydroxylation is 1. The van der Waals surface area contributed by atoms with E-state index in [1.807, 2.05) is 13.8 Å². The highest BCUT2D eigenvalue weighted by molar-refractivity contribution is 5.91. The number of rotatable bonds is 5. The third kappa shape index (κ3) is 3.09. The van der Waals surface area contributed by atoms with E-state index in [9.17, 15) is 4.79 Å². The Kier molecular flexibility index (Phi) is 4.37. The summed E-state index contributed by atoms with van der Waals surface area (Å²) in [5, 5.41) is 11.6. The number of hydrogen-bond donors (Lipinski definition) is 2. The topological polar surface area (TPSA) is 62.5 Å². The van der Waals surface area contributed by atoms with E-state index in [1.165, 1.54) is 0 Å². The third-order valence-electron chi connectivity index (χ3n) is 2.28. The molecule has 1 aromatic rings. The Morgan fingerprint density at radius 2 is 2.27 bits per heavy atom. The summed E-state index contributed by atoms with van der Waals surface area (Å²) in [6.45, 7) is 3.81. The monoisotopic (exact) mass is 211 g/mol. The van der Waals surface area contributed by atoms with Gasteiger partial charge in [-0.15, -0.1) is 0 Å². The largest absolute Gasteiger partial charge is 0.456 e. The van der Waals surface area contributed by atoms with Crippen molar-refractivity contribution >= 4 is 5.91 Å². The highest BCUT2D eigenvalue weighted by Gasteiger charge is 2.14. The van der Waals surface area contributed by atoms with Gasteiger partial charge in [0.1, 0.15) is 5.76 Å². The Morgan fingerprint density at radius 3 is 2.73 bits per heavy atom. The summed E-state index contributed by atoms with van der Waals surface area (Å²) in [4.78, 5) is 11.6. The van der Waals surface area contributed by atoms with Crippen LogP contribution in [-0.4, -0.2) is 23.7 Å². The number of amides is 1. The van der Waals surface area contributed by atoms with Crippen LogP contribution in [0.4, 0.5) is 0 Å².